The average molecular weight is 428 g/mol. The van der Waals surface area contributed by atoms with E-state index in [2.05, 4.69) is 9.79 Å². The van der Waals surface area contributed by atoms with Gasteiger partial charge in [-0.2, -0.15) is 0 Å². The zero-order chi connectivity index (χ0) is 21.4. The van der Waals surface area contributed by atoms with E-state index in [-0.39, 0.29) is 22.7 Å². The number of carbonyl (C=O) groups is 1. The molecule has 154 valence electrons. The molecule has 0 spiro atoms. The Hall–Kier alpha value is -3.60. The summed E-state index contributed by atoms with van der Waals surface area (Å²) in [5.41, 5.74) is 2.48. The van der Waals surface area contributed by atoms with E-state index < -0.39 is 4.92 Å². The van der Waals surface area contributed by atoms with Crippen molar-refractivity contribution in [1.29, 1.82) is 0 Å². The van der Waals surface area contributed by atoms with Gasteiger partial charge in [-0.05, 0) is 40.8 Å². The van der Waals surface area contributed by atoms with E-state index in [4.69, 9.17) is 4.74 Å². The van der Waals surface area contributed by atoms with Crippen molar-refractivity contribution in [2.24, 2.45) is 0 Å². The van der Waals surface area contributed by atoms with E-state index >= 15 is 0 Å². The zero-order valence-electron chi connectivity index (χ0n) is 16.0. The monoisotopic (exact) mass is 428 g/mol. The molecular weight excluding hydrogens is 412 g/mol. The molecule has 10 nitrogen and oxygen atoms in total. The third-order valence-electron chi connectivity index (χ3n) is 4.79. The number of carbonyl (C=O) groups excluding carboxylic acids is 1. The number of amides is 1. The van der Waals surface area contributed by atoms with Crippen LogP contribution in [-0.4, -0.2) is 28.8 Å². The summed E-state index contributed by atoms with van der Waals surface area (Å²) in [4.78, 5) is 25.2. The third kappa shape index (κ3) is 3.32. The van der Waals surface area contributed by atoms with Crippen LogP contribution in [-0.2, 0) is 4.79 Å². The number of hydrogen-bond donors (Lipinski definition) is 0. The van der Waals surface area contributed by atoms with E-state index in [1.807, 2.05) is 0 Å². The van der Waals surface area contributed by atoms with Crippen molar-refractivity contribution in [1.82, 2.24) is 5.16 Å². The first-order valence-electron chi connectivity index (χ1n) is 8.83. The first kappa shape index (κ1) is 19.7. The van der Waals surface area contributed by atoms with Gasteiger partial charge in [-0.15, -0.1) is 11.8 Å². The quantitative estimate of drug-likeness (QED) is 0.345. The summed E-state index contributed by atoms with van der Waals surface area (Å²) in [6, 6.07) is 11.2. The van der Waals surface area contributed by atoms with Crippen LogP contribution in [0.25, 0.3) is 11.3 Å². The largest absolute Gasteiger partial charge is 0.495 e. The predicted molar refractivity (Wildman–Crippen MR) is 108 cm³/mol. The van der Waals surface area contributed by atoms with Crippen molar-refractivity contribution in [3.63, 3.8) is 0 Å². The Morgan fingerprint density at radius 1 is 1.30 bits per heavy atom. The number of rotatable bonds is 5. The number of thioether (sulfide) groups is 1. The molecule has 3 aromatic rings. The molecule has 0 bridgehead atoms. The van der Waals surface area contributed by atoms with Crippen LogP contribution in [0.4, 0.5) is 11.4 Å². The zero-order valence-corrected chi connectivity index (χ0v) is 16.8. The molecule has 1 fully saturated rings. The van der Waals surface area contributed by atoms with Crippen LogP contribution in [0.3, 0.4) is 0 Å². The second-order valence-corrected chi connectivity index (χ2v) is 7.59. The Morgan fingerprint density at radius 2 is 2.03 bits per heavy atom. The maximum atomic E-state index is 12.8. The molecule has 30 heavy (non-hydrogen) atoms. The lowest BCUT2D eigenvalue weighted by Crippen LogP contribution is -2.28. The summed E-state index contributed by atoms with van der Waals surface area (Å²) in [6.45, 7) is 1.58. The normalized spacial score (nSPS) is 16.1. The molecule has 0 aliphatic carbocycles. The lowest BCUT2D eigenvalue weighted by molar-refractivity contribution is -0.806. The summed E-state index contributed by atoms with van der Waals surface area (Å²) < 4.78 is 10.1. The highest BCUT2D eigenvalue weighted by molar-refractivity contribution is 8.00. The molecule has 2 aromatic carbocycles. The van der Waals surface area contributed by atoms with E-state index in [0.717, 1.165) is 5.56 Å². The van der Waals surface area contributed by atoms with Gasteiger partial charge in [0.1, 0.15) is 11.1 Å². The summed E-state index contributed by atoms with van der Waals surface area (Å²) >= 11 is 1.41. The molecule has 1 amide bonds. The summed E-state index contributed by atoms with van der Waals surface area (Å²) in [5.74, 6) is 0.589. The fourth-order valence-corrected chi connectivity index (χ4v) is 4.44. The minimum absolute atomic E-state index is 0.0216. The summed E-state index contributed by atoms with van der Waals surface area (Å²) in [7, 11) is 1.50. The minimum atomic E-state index is -0.469. The number of ether oxygens (including phenoxy) is 1. The Morgan fingerprint density at radius 3 is 2.63 bits per heavy atom. The maximum absolute atomic E-state index is 12.8. The molecule has 0 radical (unpaired) electrons. The topological polar surface area (TPSA) is 126 Å². The molecule has 1 aromatic heterocycles. The highest BCUT2D eigenvalue weighted by Crippen LogP contribution is 2.46. The Bertz CT molecular complexity index is 1130. The molecule has 0 N–H and O–H groups in total. The van der Waals surface area contributed by atoms with E-state index in [0.29, 0.717) is 33.3 Å². The van der Waals surface area contributed by atoms with Crippen LogP contribution in [0.1, 0.15) is 16.6 Å². The Kier molecular flexibility index (Phi) is 5.04. The highest BCUT2D eigenvalue weighted by Gasteiger charge is 2.36. The number of nitro groups is 1. The lowest BCUT2D eigenvalue weighted by Gasteiger charge is -2.26. The van der Waals surface area contributed by atoms with Gasteiger partial charge in [0.15, 0.2) is 0 Å². The molecular formula is C19H16N4O6S. The second kappa shape index (κ2) is 7.67. The van der Waals surface area contributed by atoms with Crippen LogP contribution < -0.4 is 14.5 Å². The van der Waals surface area contributed by atoms with Gasteiger partial charge in [-0.3, -0.25) is 24.4 Å². The van der Waals surface area contributed by atoms with E-state index in [1.54, 1.807) is 42.2 Å². The summed E-state index contributed by atoms with van der Waals surface area (Å²) in [5, 5.41) is 25.9. The molecule has 1 atom stereocenters. The predicted octanol–water partition coefficient (Wildman–Crippen LogP) is 2.98. The lowest BCUT2D eigenvalue weighted by atomic mass is 10.1. The number of anilines is 1. The molecule has 1 unspecified atom stereocenters. The minimum Gasteiger partial charge on any atom is -0.495 e. The maximum Gasteiger partial charge on any atom is 0.269 e. The van der Waals surface area contributed by atoms with Gasteiger partial charge in [-0.25, -0.2) is 0 Å². The van der Waals surface area contributed by atoms with Gasteiger partial charge in [0.25, 0.3) is 11.4 Å². The van der Waals surface area contributed by atoms with Crippen LogP contribution in [0.2, 0.25) is 0 Å². The smallest absolute Gasteiger partial charge is 0.269 e. The average Bonchev–Trinajstić information content (AvgIpc) is 3.30. The number of nitrogens with zero attached hydrogens (tertiary/aromatic N) is 4. The van der Waals surface area contributed by atoms with Gasteiger partial charge in [-0.1, -0.05) is 0 Å². The summed E-state index contributed by atoms with van der Waals surface area (Å²) in [6.07, 6.45) is 0. The molecule has 2 heterocycles. The van der Waals surface area contributed by atoms with Crippen molar-refractivity contribution in [2.75, 3.05) is 17.8 Å². The van der Waals surface area contributed by atoms with Crippen molar-refractivity contribution >= 4 is 29.0 Å². The van der Waals surface area contributed by atoms with Crippen molar-refractivity contribution in [3.8, 4) is 17.0 Å². The molecule has 4 rings (SSSR count). The Labute approximate surface area is 174 Å². The van der Waals surface area contributed by atoms with Crippen molar-refractivity contribution < 1.29 is 24.0 Å². The van der Waals surface area contributed by atoms with Crippen molar-refractivity contribution in [2.45, 2.75) is 12.3 Å². The Balaban J connectivity index is 1.78. The van der Waals surface area contributed by atoms with Gasteiger partial charge in [0, 0.05) is 29.8 Å². The molecule has 1 aliphatic heterocycles. The first-order valence-corrected chi connectivity index (χ1v) is 9.88. The molecule has 11 heteroatoms. The van der Waals surface area contributed by atoms with E-state index in [9.17, 15) is 20.1 Å². The van der Waals surface area contributed by atoms with Crippen LogP contribution in [0, 0.1) is 22.2 Å². The SMILES string of the molecule is COc1ccc(-c2no[n+]([O-])c2C)cc1N1C(=O)CSC1c1ccc([N+](=O)[O-])cc1. The number of methoxy groups -OCH3 is 1. The number of non-ortho nitro benzene ring substituents is 1. The van der Waals surface area contributed by atoms with Gasteiger partial charge in [0.2, 0.25) is 11.6 Å². The standard InChI is InChI=1S/C19H16N4O6S/c1-11-18(20-29-23(11)27)13-5-8-16(28-2)15(9-13)21-17(24)10-30-19(21)12-3-6-14(7-4-12)22(25)26/h3-9,19H,10H2,1-2H3. The molecule has 0 saturated carbocycles. The van der Waals surface area contributed by atoms with Crippen LogP contribution in [0.15, 0.2) is 47.1 Å². The van der Waals surface area contributed by atoms with Crippen LogP contribution >= 0.6 is 11.8 Å². The molecule has 1 aliphatic rings. The molecule has 1 saturated heterocycles. The first-order chi connectivity index (χ1) is 14.4. The van der Waals surface area contributed by atoms with Gasteiger partial charge < -0.3 is 9.94 Å². The second-order valence-electron chi connectivity index (χ2n) is 6.53. The van der Waals surface area contributed by atoms with Gasteiger partial charge >= 0.3 is 0 Å². The van der Waals surface area contributed by atoms with Crippen LogP contribution in [0.5, 0.6) is 5.75 Å². The van der Waals surface area contributed by atoms with Crippen molar-refractivity contribution in [3.05, 3.63) is 69.0 Å². The van der Waals surface area contributed by atoms with Gasteiger partial charge in [0.05, 0.1) is 23.5 Å². The fraction of sp³-hybridized carbons (Fsp3) is 0.211. The van der Waals surface area contributed by atoms with E-state index in [1.165, 1.54) is 31.0 Å². The number of benzene rings is 2. The number of hydrogen-bond acceptors (Lipinski definition) is 8. The highest BCUT2D eigenvalue weighted by atomic mass is 32.2. The fourth-order valence-electron chi connectivity index (χ4n) is 3.27. The number of aromatic nitrogens is 2. The third-order valence-corrected chi connectivity index (χ3v) is 6.00. The number of nitro benzene ring substituents is 1.